The van der Waals surface area contributed by atoms with Crippen LogP contribution in [-0.2, 0) is 6.42 Å². The van der Waals surface area contributed by atoms with Gasteiger partial charge in [0.05, 0.1) is 11.7 Å². The average molecular weight is 265 g/mol. The average Bonchev–Trinajstić information content (AvgIpc) is 2.84. The Labute approximate surface area is 109 Å². The van der Waals surface area contributed by atoms with Gasteiger partial charge < -0.3 is 5.73 Å². The Kier molecular flexibility index (Phi) is 2.69. The highest BCUT2D eigenvalue weighted by Crippen LogP contribution is 2.41. The largest absolute Gasteiger partial charge is 0.322 e. The molecule has 1 aromatic carbocycles. The third-order valence-corrected chi connectivity index (χ3v) is 4.57. The van der Waals surface area contributed by atoms with Crippen molar-refractivity contribution in [1.29, 1.82) is 0 Å². The Morgan fingerprint density at radius 2 is 2.35 bits per heavy atom. The van der Waals surface area contributed by atoms with Gasteiger partial charge in [-0.1, -0.05) is 24.6 Å². The summed E-state index contributed by atoms with van der Waals surface area (Å²) in [6, 6.07) is 6.09. The van der Waals surface area contributed by atoms with Gasteiger partial charge in [0.2, 0.25) is 0 Å². The molecule has 2 N–H and O–H groups in total. The molecule has 0 spiro atoms. The SMILES string of the molecule is CCC(N)c1nc2c(s1)Cc1cc(Cl)ccc1-2. The molecule has 1 heterocycles. The Hall–Kier alpha value is -0.900. The number of thiazole rings is 1. The molecule has 1 aliphatic rings. The maximum absolute atomic E-state index is 6.03. The minimum absolute atomic E-state index is 0.0707. The van der Waals surface area contributed by atoms with Gasteiger partial charge in [0.15, 0.2) is 0 Å². The molecule has 1 atom stereocenters. The van der Waals surface area contributed by atoms with Crippen molar-refractivity contribution < 1.29 is 0 Å². The number of rotatable bonds is 2. The maximum atomic E-state index is 6.03. The first kappa shape index (κ1) is 11.2. The number of benzene rings is 1. The second kappa shape index (κ2) is 4.09. The summed E-state index contributed by atoms with van der Waals surface area (Å²) in [7, 11) is 0. The Bertz CT molecular complexity index is 577. The van der Waals surface area contributed by atoms with Crippen LogP contribution in [-0.4, -0.2) is 4.98 Å². The normalized spacial score (nSPS) is 14.5. The first-order valence-electron chi connectivity index (χ1n) is 5.73. The van der Waals surface area contributed by atoms with Gasteiger partial charge >= 0.3 is 0 Å². The molecule has 1 unspecified atom stereocenters. The minimum Gasteiger partial charge on any atom is -0.322 e. The number of nitrogens with two attached hydrogens (primary N) is 1. The Morgan fingerprint density at radius 1 is 1.53 bits per heavy atom. The van der Waals surface area contributed by atoms with Crippen LogP contribution in [0.1, 0.15) is 34.8 Å². The molecule has 0 saturated heterocycles. The summed E-state index contributed by atoms with van der Waals surface area (Å²) in [5, 5.41) is 1.85. The van der Waals surface area contributed by atoms with E-state index in [1.165, 1.54) is 16.0 Å². The molecule has 4 heteroatoms. The number of aromatic nitrogens is 1. The van der Waals surface area contributed by atoms with Crippen molar-refractivity contribution in [2.75, 3.05) is 0 Å². The molecule has 1 aliphatic carbocycles. The monoisotopic (exact) mass is 264 g/mol. The van der Waals surface area contributed by atoms with Crippen molar-refractivity contribution in [2.24, 2.45) is 5.73 Å². The van der Waals surface area contributed by atoms with Crippen molar-refractivity contribution in [3.8, 4) is 11.3 Å². The van der Waals surface area contributed by atoms with E-state index >= 15 is 0 Å². The van der Waals surface area contributed by atoms with E-state index in [9.17, 15) is 0 Å². The fraction of sp³-hybridized carbons (Fsp3) is 0.308. The van der Waals surface area contributed by atoms with E-state index in [2.05, 4.69) is 18.0 Å². The topological polar surface area (TPSA) is 38.9 Å². The van der Waals surface area contributed by atoms with Crippen molar-refractivity contribution >= 4 is 22.9 Å². The van der Waals surface area contributed by atoms with E-state index < -0.39 is 0 Å². The van der Waals surface area contributed by atoms with Gasteiger partial charge in [0.1, 0.15) is 5.01 Å². The standard InChI is InChI=1S/C13H13ClN2S/c1-2-10(15)13-16-12-9-4-3-8(14)5-7(9)6-11(12)17-13/h3-5,10H,2,6,15H2,1H3. The summed E-state index contributed by atoms with van der Waals surface area (Å²) in [5.41, 5.74) is 9.64. The van der Waals surface area contributed by atoms with E-state index in [1.54, 1.807) is 11.3 Å². The minimum atomic E-state index is 0.0707. The maximum Gasteiger partial charge on any atom is 0.110 e. The van der Waals surface area contributed by atoms with Gasteiger partial charge in [-0.2, -0.15) is 0 Å². The van der Waals surface area contributed by atoms with Gasteiger partial charge in [0, 0.05) is 21.9 Å². The lowest BCUT2D eigenvalue weighted by Crippen LogP contribution is -2.07. The summed E-state index contributed by atoms with van der Waals surface area (Å²) in [4.78, 5) is 6.00. The van der Waals surface area contributed by atoms with Crippen LogP contribution in [0.5, 0.6) is 0 Å². The predicted molar refractivity (Wildman–Crippen MR) is 72.6 cm³/mol. The number of hydrogen-bond acceptors (Lipinski definition) is 3. The first-order chi connectivity index (χ1) is 8.19. The second-order valence-electron chi connectivity index (χ2n) is 4.32. The smallest absolute Gasteiger partial charge is 0.110 e. The van der Waals surface area contributed by atoms with E-state index in [-0.39, 0.29) is 6.04 Å². The molecule has 17 heavy (non-hydrogen) atoms. The van der Waals surface area contributed by atoms with Crippen molar-refractivity contribution in [1.82, 2.24) is 4.98 Å². The van der Waals surface area contributed by atoms with Crippen LogP contribution in [0.4, 0.5) is 0 Å². The molecule has 1 aromatic heterocycles. The van der Waals surface area contributed by atoms with Crippen molar-refractivity contribution in [3.05, 3.63) is 38.7 Å². The van der Waals surface area contributed by atoms with E-state index in [0.29, 0.717) is 0 Å². The first-order valence-corrected chi connectivity index (χ1v) is 6.92. The van der Waals surface area contributed by atoms with Crippen LogP contribution in [0.3, 0.4) is 0 Å². The fourth-order valence-corrected chi connectivity index (χ4v) is 3.53. The molecule has 0 bridgehead atoms. The summed E-state index contributed by atoms with van der Waals surface area (Å²) in [6.45, 7) is 2.09. The molecule has 2 nitrogen and oxygen atoms in total. The predicted octanol–water partition coefficient (Wildman–Crippen LogP) is 3.78. The number of nitrogens with zero attached hydrogens (tertiary/aromatic N) is 1. The number of halogens is 1. The molecule has 3 rings (SSSR count). The van der Waals surface area contributed by atoms with Gasteiger partial charge in [-0.25, -0.2) is 4.98 Å². The molecule has 0 radical (unpaired) electrons. The van der Waals surface area contributed by atoms with Gasteiger partial charge in [-0.3, -0.25) is 0 Å². The van der Waals surface area contributed by atoms with Crippen LogP contribution in [0.2, 0.25) is 5.02 Å². The third kappa shape index (κ3) is 1.79. The Morgan fingerprint density at radius 3 is 3.12 bits per heavy atom. The van der Waals surface area contributed by atoms with E-state index in [4.69, 9.17) is 17.3 Å². The molecular formula is C13H13ClN2S. The van der Waals surface area contributed by atoms with Crippen molar-refractivity contribution in [3.63, 3.8) is 0 Å². The number of hydrogen-bond donors (Lipinski definition) is 1. The summed E-state index contributed by atoms with van der Waals surface area (Å²) >= 11 is 7.74. The summed E-state index contributed by atoms with van der Waals surface area (Å²) < 4.78 is 0. The van der Waals surface area contributed by atoms with Crippen LogP contribution >= 0.6 is 22.9 Å². The zero-order chi connectivity index (χ0) is 12.0. The molecule has 0 amide bonds. The lowest BCUT2D eigenvalue weighted by molar-refractivity contribution is 0.693. The third-order valence-electron chi connectivity index (χ3n) is 3.14. The second-order valence-corrected chi connectivity index (χ2v) is 5.87. The molecule has 2 aromatic rings. The summed E-state index contributed by atoms with van der Waals surface area (Å²) in [5.74, 6) is 0. The van der Waals surface area contributed by atoms with Gasteiger partial charge in [-0.05, 0) is 24.1 Å². The van der Waals surface area contributed by atoms with Crippen LogP contribution in [0, 0.1) is 0 Å². The molecule has 0 aliphatic heterocycles. The van der Waals surface area contributed by atoms with Crippen LogP contribution < -0.4 is 5.73 Å². The highest BCUT2D eigenvalue weighted by atomic mass is 35.5. The van der Waals surface area contributed by atoms with Gasteiger partial charge in [-0.15, -0.1) is 11.3 Å². The molecular weight excluding hydrogens is 252 g/mol. The van der Waals surface area contributed by atoms with Crippen molar-refractivity contribution in [2.45, 2.75) is 25.8 Å². The highest BCUT2D eigenvalue weighted by molar-refractivity contribution is 7.12. The van der Waals surface area contributed by atoms with Crippen LogP contribution in [0.25, 0.3) is 11.3 Å². The molecule has 0 fully saturated rings. The highest BCUT2D eigenvalue weighted by Gasteiger charge is 2.24. The zero-order valence-corrected chi connectivity index (χ0v) is 11.1. The Balaban J connectivity index is 2.06. The molecule has 88 valence electrons. The zero-order valence-electron chi connectivity index (χ0n) is 9.53. The number of fused-ring (bicyclic) bond motifs is 3. The molecule has 0 saturated carbocycles. The lowest BCUT2D eigenvalue weighted by Gasteiger charge is -2.04. The lowest BCUT2D eigenvalue weighted by atomic mass is 10.1. The fourth-order valence-electron chi connectivity index (χ4n) is 2.15. The van der Waals surface area contributed by atoms with E-state index in [1.807, 2.05) is 12.1 Å². The van der Waals surface area contributed by atoms with E-state index in [0.717, 1.165) is 28.6 Å². The quantitative estimate of drug-likeness (QED) is 0.765. The summed E-state index contributed by atoms with van der Waals surface area (Å²) in [6.07, 6.45) is 1.87. The van der Waals surface area contributed by atoms with Crippen LogP contribution in [0.15, 0.2) is 18.2 Å². The van der Waals surface area contributed by atoms with Gasteiger partial charge in [0.25, 0.3) is 0 Å².